The predicted molar refractivity (Wildman–Crippen MR) is 84.8 cm³/mol. The molecule has 21 heavy (non-hydrogen) atoms. The van der Waals surface area contributed by atoms with Gasteiger partial charge in [0.15, 0.2) is 0 Å². The Bertz CT molecular complexity index is 656. The standard InChI is InChI=1S/C17H21NO2S/c1-11-4-7-15-13(8-11)9-16(21-15)17(19)18(3)10-14-6-5-12(2)20-14/h5-6,9,11H,4,7-8,10H2,1-3H3/t11-/m0/s1. The second kappa shape index (κ2) is 5.68. The lowest BCUT2D eigenvalue weighted by Crippen LogP contribution is -2.25. The topological polar surface area (TPSA) is 33.5 Å². The molecule has 0 radical (unpaired) electrons. The number of furan rings is 1. The van der Waals surface area contributed by atoms with Crippen LogP contribution >= 0.6 is 11.3 Å². The number of aryl methyl sites for hydroxylation is 2. The first kappa shape index (κ1) is 14.4. The number of hydrogen-bond acceptors (Lipinski definition) is 3. The minimum absolute atomic E-state index is 0.0936. The van der Waals surface area contributed by atoms with Crippen molar-refractivity contribution in [2.45, 2.75) is 39.7 Å². The number of amides is 1. The molecule has 0 fully saturated rings. The van der Waals surface area contributed by atoms with Crippen molar-refractivity contribution in [3.63, 3.8) is 0 Å². The van der Waals surface area contributed by atoms with E-state index >= 15 is 0 Å². The zero-order valence-electron chi connectivity index (χ0n) is 12.8. The van der Waals surface area contributed by atoms with Gasteiger partial charge in [-0.2, -0.15) is 0 Å². The molecular formula is C17H21NO2S. The third-order valence-corrected chi connectivity index (χ3v) is 5.30. The SMILES string of the molecule is Cc1ccc(CN(C)C(=O)c2cc3c(s2)CC[C@H](C)C3)o1. The van der Waals surface area contributed by atoms with Gasteiger partial charge in [-0.05, 0) is 55.9 Å². The number of rotatable bonds is 3. The fourth-order valence-corrected chi connectivity index (χ4v) is 4.08. The molecule has 2 aromatic rings. The van der Waals surface area contributed by atoms with E-state index in [1.54, 1.807) is 16.2 Å². The van der Waals surface area contributed by atoms with Gasteiger partial charge in [0.25, 0.3) is 5.91 Å². The number of thiophene rings is 1. The van der Waals surface area contributed by atoms with E-state index in [2.05, 4.69) is 13.0 Å². The van der Waals surface area contributed by atoms with Crippen LogP contribution < -0.4 is 0 Å². The van der Waals surface area contributed by atoms with Crippen molar-refractivity contribution in [3.8, 4) is 0 Å². The Labute approximate surface area is 129 Å². The zero-order chi connectivity index (χ0) is 15.0. The van der Waals surface area contributed by atoms with Crippen molar-refractivity contribution < 1.29 is 9.21 Å². The summed E-state index contributed by atoms with van der Waals surface area (Å²) in [4.78, 5) is 16.5. The third-order valence-electron chi connectivity index (χ3n) is 4.08. The highest BCUT2D eigenvalue weighted by atomic mass is 32.1. The molecule has 0 unspecified atom stereocenters. The lowest BCUT2D eigenvalue weighted by Gasteiger charge is -2.16. The quantitative estimate of drug-likeness (QED) is 0.857. The summed E-state index contributed by atoms with van der Waals surface area (Å²) in [5.41, 5.74) is 1.38. The van der Waals surface area contributed by atoms with Crippen LogP contribution in [0.4, 0.5) is 0 Å². The molecule has 0 bridgehead atoms. The summed E-state index contributed by atoms with van der Waals surface area (Å²) in [5, 5.41) is 0. The van der Waals surface area contributed by atoms with E-state index in [0.29, 0.717) is 6.54 Å². The van der Waals surface area contributed by atoms with Crippen LogP contribution in [0.15, 0.2) is 22.6 Å². The Balaban J connectivity index is 1.72. The van der Waals surface area contributed by atoms with Crippen LogP contribution in [-0.2, 0) is 19.4 Å². The molecule has 0 aromatic carbocycles. The van der Waals surface area contributed by atoms with E-state index in [1.807, 2.05) is 26.1 Å². The second-order valence-corrected chi connectivity index (χ2v) is 7.22. The average molecular weight is 303 g/mol. The molecule has 0 saturated carbocycles. The highest BCUT2D eigenvalue weighted by Crippen LogP contribution is 2.32. The molecule has 3 nitrogen and oxygen atoms in total. The summed E-state index contributed by atoms with van der Waals surface area (Å²) >= 11 is 1.67. The molecule has 4 heteroatoms. The van der Waals surface area contributed by atoms with Crippen LogP contribution in [0.5, 0.6) is 0 Å². The summed E-state index contributed by atoms with van der Waals surface area (Å²) in [6, 6.07) is 5.96. The molecule has 1 atom stereocenters. The largest absolute Gasteiger partial charge is 0.464 e. The number of hydrogen-bond donors (Lipinski definition) is 0. The number of nitrogens with zero attached hydrogens (tertiary/aromatic N) is 1. The summed E-state index contributed by atoms with van der Waals surface area (Å²) in [7, 11) is 1.83. The van der Waals surface area contributed by atoms with E-state index in [1.165, 1.54) is 16.9 Å². The highest BCUT2D eigenvalue weighted by molar-refractivity contribution is 7.14. The Morgan fingerprint density at radius 1 is 1.48 bits per heavy atom. The molecule has 112 valence electrons. The van der Waals surface area contributed by atoms with Gasteiger partial charge in [-0.25, -0.2) is 0 Å². The fourth-order valence-electron chi connectivity index (χ4n) is 2.87. The lowest BCUT2D eigenvalue weighted by molar-refractivity contribution is 0.0779. The Hall–Kier alpha value is -1.55. The van der Waals surface area contributed by atoms with Gasteiger partial charge in [-0.3, -0.25) is 4.79 Å². The van der Waals surface area contributed by atoms with Crippen molar-refractivity contribution in [1.82, 2.24) is 4.90 Å². The van der Waals surface area contributed by atoms with Crippen LogP contribution in [-0.4, -0.2) is 17.9 Å². The van der Waals surface area contributed by atoms with Crippen molar-refractivity contribution in [1.29, 1.82) is 0 Å². The summed E-state index contributed by atoms with van der Waals surface area (Å²) in [6.45, 7) is 4.72. The molecule has 2 heterocycles. The maximum absolute atomic E-state index is 12.5. The van der Waals surface area contributed by atoms with Crippen molar-refractivity contribution in [2.24, 2.45) is 5.92 Å². The van der Waals surface area contributed by atoms with E-state index in [0.717, 1.165) is 35.2 Å². The molecule has 1 amide bonds. The van der Waals surface area contributed by atoms with E-state index < -0.39 is 0 Å². The molecule has 2 aromatic heterocycles. The molecule has 0 N–H and O–H groups in total. The van der Waals surface area contributed by atoms with Crippen LogP contribution in [0.1, 0.15) is 45.0 Å². The van der Waals surface area contributed by atoms with Crippen LogP contribution in [0, 0.1) is 12.8 Å². The first-order chi connectivity index (χ1) is 10.0. The van der Waals surface area contributed by atoms with Gasteiger partial charge in [0.2, 0.25) is 0 Å². The smallest absolute Gasteiger partial charge is 0.264 e. The van der Waals surface area contributed by atoms with Crippen molar-refractivity contribution in [3.05, 3.63) is 45.0 Å². The monoisotopic (exact) mass is 303 g/mol. The second-order valence-electron chi connectivity index (χ2n) is 6.08. The zero-order valence-corrected chi connectivity index (χ0v) is 13.6. The van der Waals surface area contributed by atoms with Gasteiger partial charge in [-0.1, -0.05) is 6.92 Å². The Morgan fingerprint density at radius 2 is 2.29 bits per heavy atom. The fraction of sp³-hybridized carbons (Fsp3) is 0.471. The molecule has 0 saturated heterocycles. The summed E-state index contributed by atoms with van der Waals surface area (Å²) < 4.78 is 5.55. The molecular weight excluding hydrogens is 282 g/mol. The maximum Gasteiger partial charge on any atom is 0.264 e. The Kier molecular flexibility index (Phi) is 3.89. The van der Waals surface area contributed by atoms with Gasteiger partial charge >= 0.3 is 0 Å². The van der Waals surface area contributed by atoms with Crippen LogP contribution in [0.25, 0.3) is 0 Å². The molecule has 3 rings (SSSR count). The van der Waals surface area contributed by atoms with Crippen molar-refractivity contribution in [2.75, 3.05) is 7.05 Å². The van der Waals surface area contributed by atoms with Crippen molar-refractivity contribution >= 4 is 17.2 Å². The summed E-state index contributed by atoms with van der Waals surface area (Å²) in [6.07, 6.45) is 3.47. The molecule has 0 aliphatic heterocycles. The molecule has 1 aliphatic carbocycles. The molecule has 1 aliphatic rings. The highest BCUT2D eigenvalue weighted by Gasteiger charge is 2.22. The normalized spacial score (nSPS) is 17.6. The third kappa shape index (κ3) is 3.05. The van der Waals surface area contributed by atoms with E-state index in [-0.39, 0.29) is 5.91 Å². The number of fused-ring (bicyclic) bond motifs is 1. The maximum atomic E-state index is 12.5. The first-order valence-corrected chi connectivity index (χ1v) is 8.27. The van der Waals surface area contributed by atoms with Gasteiger partial charge in [0, 0.05) is 11.9 Å². The lowest BCUT2D eigenvalue weighted by atomic mass is 9.90. The van der Waals surface area contributed by atoms with E-state index in [9.17, 15) is 4.79 Å². The minimum Gasteiger partial charge on any atom is -0.464 e. The van der Waals surface area contributed by atoms with Gasteiger partial charge in [-0.15, -0.1) is 11.3 Å². The number of carbonyl (C=O) groups excluding carboxylic acids is 1. The minimum atomic E-state index is 0.0936. The Morgan fingerprint density at radius 3 is 3.00 bits per heavy atom. The van der Waals surface area contributed by atoms with Gasteiger partial charge in [0.05, 0.1) is 11.4 Å². The average Bonchev–Trinajstić information content (AvgIpc) is 3.03. The first-order valence-electron chi connectivity index (χ1n) is 7.45. The molecule has 0 spiro atoms. The summed E-state index contributed by atoms with van der Waals surface area (Å²) in [5.74, 6) is 2.54. The van der Waals surface area contributed by atoms with Gasteiger partial charge in [0.1, 0.15) is 11.5 Å². The van der Waals surface area contributed by atoms with Crippen LogP contribution in [0.2, 0.25) is 0 Å². The van der Waals surface area contributed by atoms with E-state index in [4.69, 9.17) is 4.42 Å². The van der Waals surface area contributed by atoms with Gasteiger partial charge < -0.3 is 9.32 Å². The van der Waals surface area contributed by atoms with Crippen LogP contribution in [0.3, 0.4) is 0 Å². The predicted octanol–water partition coefficient (Wildman–Crippen LogP) is 4.05. The number of carbonyl (C=O) groups is 1.